The lowest BCUT2D eigenvalue weighted by Crippen LogP contribution is -2.31. The maximum absolute atomic E-state index is 13.3. The molecule has 1 heterocycles. The highest BCUT2D eigenvalue weighted by Crippen LogP contribution is 2.34. The molecule has 3 nitrogen and oxygen atoms in total. The van der Waals surface area contributed by atoms with E-state index in [9.17, 15) is 4.79 Å². The van der Waals surface area contributed by atoms with E-state index in [1.807, 2.05) is 0 Å². The third-order valence-corrected chi connectivity index (χ3v) is 6.05. The quantitative estimate of drug-likeness (QED) is 0.411. The Balaban J connectivity index is 0.00000261. The van der Waals surface area contributed by atoms with Crippen molar-refractivity contribution in [3.05, 3.63) is 28.8 Å². The van der Waals surface area contributed by atoms with E-state index < -0.39 is 0 Å². The zero-order chi connectivity index (χ0) is 18.4. The van der Waals surface area contributed by atoms with Gasteiger partial charge in [0.1, 0.15) is 5.75 Å². The molecule has 0 amide bonds. The van der Waals surface area contributed by atoms with Crippen LogP contribution in [-0.2, 0) is 12.8 Å². The summed E-state index contributed by atoms with van der Waals surface area (Å²) in [5.41, 5.74) is 3.58. The molecule has 1 aromatic rings. The van der Waals surface area contributed by atoms with Gasteiger partial charge in [0.15, 0.2) is 5.78 Å². The highest BCUT2D eigenvalue weighted by Gasteiger charge is 2.27. The largest absolute Gasteiger partial charge is 0.493 e. The summed E-state index contributed by atoms with van der Waals surface area (Å²) >= 11 is 0. The molecule has 0 radical (unpaired) electrons. The molecule has 1 aliphatic carbocycles. The molecule has 27 heavy (non-hydrogen) atoms. The van der Waals surface area contributed by atoms with Gasteiger partial charge < -0.3 is 9.64 Å². The van der Waals surface area contributed by atoms with Crippen LogP contribution in [0.2, 0.25) is 0 Å². The van der Waals surface area contributed by atoms with Crippen LogP contribution in [0.25, 0.3) is 0 Å². The number of Topliss-reactive ketones (excluding diaryl/α,β-unsaturated/α-hetero) is 1. The van der Waals surface area contributed by atoms with Gasteiger partial charge in [-0.25, -0.2) is 0 Å². The fourth-order valence-corrected chi connectivity index (χ4v) is 4.42. The smallest absolute Gasteiger partial charge is 0.167 e. The van der Waals surface area contributed by atoms with Crippen molar-refractivity contribution in [3.8, 4) is 5.75 Å². The monoisotopic (exact) mass is 393 g/mol. The summed E-state index contributed by atoms with van der Waals surface area (Å²) in [6.45, 7) is 8.37. The fraction of sp³-hybridized carbons (Fsp3) is 0.696. The number of fused-ring (bicyclic) bond motifs is 1. The molecule has 152 valence electrons. The van der Waals surface area contributed by atoms with Crippen LogP contribution in [0.4, 0.5) is 0 Å². The zero-order valence-electron chi connectivity index (χ0n) is 17.1. The van der Waals surface area contributed by atoms with Crippen molar-refractivity contribution in [2.75, 3.05) is 26.2 Å². The van der Waals surface area contributed by atoms with Crippen molar-refractivity contribution in [2.24, 2.45) is 5.92 Å². The maximum Gasteiger partial charge on any atom is 0.167 e. The van der Waals surface area contributed by atoms with Crippen LogP contribution in [0, 0.1) is 5.92 Å². The summed E-state index contributed by atoms with van der Waals surface area (Å²) in [5, 5.41) is 0. The van der Waals surface area contributed by atoms with Crippen LogP contribution in [0.5, 0.6) is 5.75 Å². The first-order valence-corrected chi connectivity index (χ1v) is 10.8. The Kier molecular flexibility index (Phi) is 9.11. The minimum Gasteiger partial charge on any atom is -0.493 e. The summed E-state index contributed by atoms with van der Waals surface area (Å²) in [6.07, 6.45) is 10.2. The molecule has 1 aliphatic heterocycles. The summed E-state index contributed by atoms with van der Waals surface area (Å²) in [7, 11) is 0. The van der Waals surface area contributed by atoms with Crippen LogP contribution in [0.1, 0.15) is 80.3 Å². The number of ether oxygens (including phenoxy) is 1. The second-order valence-corrected chi connectivity index (χ2v) is 7.95. The van der Waals surface area contributed by atoms with Crippen molar-refractivity contribution in [1.29, 1.82) is 0 Å². The second-order valence-electron chi connectivity index (χ2n) is 7.95. The van der Waals surface area contributed by atoms with Crippen LogP contribution < -0.4 is 4.74 Å². The maximum atomic E-state index is 13.3. The number of halogens is 1. The fourth-order valence-electron chi connectivity index (χ4n) is 4.42. The van der Waals surface area contributed by atoms with Gasteiger partial charge in [0.25, 0.3) is 0 Å². The summed E-state index contributed by atoms with van der Waals surface area (Å²) in [6, 6.07) is 4.12. The zero-order valence-corrected chi connectivity index (χ0v) is 17.9. The highest BCUT2D eigenvalue weighted by atomic mass is 35.5. The van der Waals surface area contributed by atoms with Gasteiger partial charge >= 0.3 is 0 Å². The number of carbonyl (C=O) groups excluding carboxylic acids is 1. The van der Waals surface area contributed by atoms with Gasteiger partial charge in [-0.2, -0.15) is 0 Å². The normalized spacial score (nSPS) is 17.9. The lowest BCUT2D eigenvalue weighted by atomic mass is 9.83. The SMILES string of the molecule is CCCCOc1ccc(C(=O)C(CC)CN2CCCC2)c2c1CCCC2.Cl. The number of unbranched alkanes of at least 4 members (excludes halogenated alkanes) is 1. The molecule has 0 bridgehead atoms. The van der Waals surface area contributed by atoms with E-state index in [1.54, 1.807) is 0 Å². The van der Waals surface area contributed by atoms with Gasteiger partial charge in [-0.1, -0.05) is 20.3 Å². The molecule has 0 spiro atoms. The predicted octanol–water partition coefficient (Wildman–Crippen LogP) is 5.47. The third kappa shape index (κ3) is 5.48. The van der Waals surface area contributed by atoms with E-state index in [0.29, 0.717) is 5.78 Å². The van der Waals surface area contributed by atoms with Crippen LogP contribution in [0.15, 0.2) is 12.1 Å². The first-order chi connectivity index (χ1) is 12.7. The van der Waals surface area contributed by atoms with Gasteiger partial charge in [-0.3, -0.25) is 4.79 Å². The van der Waals surface area contributed by atoms with E-state index in [1.165, 1.54) is 36.8 Å². The van der Waals surface area contributed by atoms with Gasteiger partial charge in [0, 0.05) is 18.0 Å². The lowest BCUT2D eigenvalue weighted by molar-refractivity contribution is 0.0884. The molecule has 4 heteroatoms. The first kappa shape index (κ1) is 22.2. The molecule has 0 aromatic heterocycles. The Morgan fingerprint density at radius 3 is 2.44 bits per heavy atom. The van der Waals surface area contributed by atoms with Crippen molar-refractivity contribution < 1.29 is 9.53 Å². The van der Waals surface area contributed by atoms with E-state index in [-0.39, 0.29) is 18.3 Å². The van der Waals surface area contributed by atoms with Crippen LogP contribution in [0.3, 0.4) is 0 Å². The number of benzene rings is 1. The Hall–Kier alpha value is -1.06. The molecular weight excluding hydrogens is 358 g/mol. The Morgan fingerprint density at radius 2 is 1.78 bits per heavy atom. The topological polar surface area (TPSA) is 29.5 Å². The minimum atomic E-state index is 0. The van der Waals surface area contributed by atoms with Gasteiger partial charge in [0.05, 0.1) is 6.61 Å². The van der Waals surface area contributed by atoms with Gasteiger partial charge in [0.2, 0.25) is 0 Å². The second kappa shape index (κ2) is 11.1. The van der Waals surface area contributed by atoms with Crippen LogP contribution in [-0.4, -0.2) is 36.9 Å². The molecule has 3 rings (SSSR count). The molecular formula is C23H36ClNO2. The predicted molar refractivity (Wildman–Crippen MR) is 115 cm³/mol. The van der Waals surface area contributed by atoms with Crippen molar-refractivity contribution >= 4 is 18.2 Å². The molecule has 1 fully saturated rings. The lowest BCUT2D eigenvalue weighted by Gasteiger charge is -2.26. The van der Waals surface area contributed by atoms with E-state index in [2.05, 4.69) is 30.9 Å². The van der Waals surface area contributed by atoms with Gasteiger partial charge in [-0.15, -0.1) is 12.4 Å². The van der Waals surface area contributed by atoms with Gasteiger partial charge in [-0.05, 0) is 87.7 Å². The number of likely N-dealkylation sites (tertiary alicyclic amines) is 1. The number of ketones is 1. The average molecular weight is 394 g/mol. The van der Waals surface area contributed by atoms with Crippen molar-refractivity contribution in [1.82, 2.24) is 4.90 Å². The van der Waals surface area contributed by atoms with Crippen molar-refractivity contribution in [2.45, 2.75) is 71.6 Å². The Bertz CT molecular complexity index is 611. The Labute approximate surface area is 171 Å². The van der Waals surface area contributed by atoms with E-state index in [0.717, 1.165) is 69.7 Å². The summed E-state index contributed by atoms with van der Waals surface area (Å²) in [4.78, 5) is 15.8. The average Bonchev–Trinajstić information content (AvgIpc) is 3.19. The standard InChI is InChI=1S/C23H35NO2.ClH/c1-3-5-16-26-22-13-12-21(19-10-6-7-11-20(19)22)23(25)18(4-2)17-24-14-8-9-15-24;/h12-13,18H,3-11,14-17H2,1-2H3;1H. The van der Waals surface area contributed by atoms with E-state index in [4.69, 9.17) is 4.74 Å². The summed E-state index contributed by atoms with van der Waals surface area (Å²) < 4.78 is 6.05. The highest BCUT2D eigenvalue weighted by molar-refractivity contribution is 6.00. The first-order valence-electron chi connectivity index (χ1n) is 10.8. The molecule has 2 aliphatic rings. The van der Waals surface area contributed by atoms with Crippen LogP contribution >= 0.6 is 12.4 Å². The van der Waals surface area contributed by atoms with E-state index >= 15 is 0 Å². The van der Waals surface area contributed by atoms with Crippen molar-refractivity contribution in [3.63, 3.8) is 0 Å². The number of nitrogens with zero attached hydrogens (tertiary/aromatic N) is 1. The molecule has 1 saturated heterocycles. The number of hydrogen-bond donors (Lipinski definition) is 0. The molecule has 0 N–H and O–H groups in total. The third-order valence-electron chi connectivity index (χ3n) is 6.05. The summed E-state index contributed by atoms with van der Waals surface area (Å²) in [5.74, 6) is 1.51. The molecule has 0 saturated carbocycles. The number of hydrogen-bond acceptors (Lipinski definition) is 3. The number of carbonyl (C=O) groups is 1. The minimum absolute atomic E-state index is 0. The number of rotatable bonds is 9. The molecule has 1 atom stereocenters. The Morgan fingerprint density at radius 1 is 1.07 bits per heavy atom. The molecule has 1 aromatic carbocycles. The molecule has 1 unspecified atom stereocenters.